The Balaban J connectivity index is 1.45. The molecule has 1 N–H and O–H groups in total. The van der Waals surface area contributed by atoms with Gasteiger partial charge in [0.05, 0.1) is 12.3 Å². The lowest BCUT2D eigenvalue weighted by Crippen LogP contribution is -2.21. The molecule has 1 aromatic carbocycles. The summed E-state index contributed by atoms with van der Waals surface area (Å²) in [4.78, 5) is 2.50. The van der Waals surface area contributed by atoms with Crippen molar-refractivity contribution < 1.29 is 4.74 Å². The highest BCUT2D eigenvalue weighted by Gasteiger charge is 2.10. The lowest BCUT2D eigenvalue weighted by Gasteiger charge is -2.13. The van der Waals surface area contributed by atoms with Crippen LogP contribution in [0.3, 0.4) is 0 Å². The number of hydrogen-bond acceptors (Lipinski definition) is 3. The van der Waals surface area contributed by atoms with Gasteiger partial charge in [-0.2, -0.15) is 0 Å². The van der Waals surface area contributed by atoms with Crippen molar-refractivity contribution in [2.45, 2.75) is 19.3 Å². The fourth-order valence-corrected chi connectivity index (χ4v) is 2.61. The Hall–Kier alpha value is -1.81. The number of nitrogens with one attached hydrogen (secondary N) is 1. The Morgan fingerprint density at radius 3 is 2.75 bits per heavy atom. The summed E-state index contributed by atoms with van der Waals surface area (Å²) in [5.74, 6) is 0.685. The number of nitrogens with zero attached hydrogens (tertiary/aromatic N) is 2. The summed E-state index contributed by atoms with van der Waals surface area (Å²) in [6.45, 7) is 4.37. The van der Waals surface area contributed by atoms with Gasteiger partial charge in [0.25, 0.3) is 0 Å². The van der Waals surface area contributed by atoms with Gasteiger partial charge in [-0.15, -0.1) is 5.10 Å². The van der Waals surface area contributed by atoms with E-state index in [-0.39, 0.29) is 0 Å². The minimum Gasteiger partial charge on any atom is -0.477 e. The molecule has 1 saturated heterocycles. The Labute approximate surface area is 119 Å². The summed E-state index contributed by atoms with van der Waals surface area (Å²) in [7, 11) is 0. The Morgan fingerprint density at radius 1 is 1.15 bits per heavy atom. The molecule has 2 heterocycles. The molecule has 0 radical (unpaired) electrons. The van der Waals surface area contributed by atoms with Crippen LogP contribution in [0.15, 0.2) is 36.4 Å². The maximum absolute atomic E-state index is 5.70. The van der Waals surface area contributed by atoms with Crippen molar-refractivity contribution in [3.05, 3.63) is 36.4 Å². The Bertz CT molecular complexity index is 518. The second kappa shape index (κ2) is 6.57. The predicted octanol–water partition coefficient (Wildman–Crippen LogP) is 2.94. The van der Waals surface area contributed by atoms with Crippen LogP contribution >= 0.6 is 0 Å². The minimum absolute atomic E-state index is 0.685. The van der Waals surface area contributed by atoms with Gasteiger partial charge >= 0.3 is 0 Å². The number of ether oxygens (including phenoxy) is 1. The third kappa shape index (κ3) is 3.39. The van der Waals surface area contributed by atoms with E-state index in [0.717, 1.165) is 30.8 Å². The molecule has 0 saturated carbocycles. The maximum atomic E-state index is 5.70. The number of H-pyrrole nitrogens is 1. The minimum atomic E-state index is 0.685. The zero-order chi connectivity index (χ0) is 13.6. The van der Waals surface area contributed by atoms with Crippen molar-refractivity contribution in [1.82, 2.24) is 15.1 Å². The van der Waals surface area contributed by atoms with Gasteiger partial charge in [0.1, 0.15) is 0 Å². The van der Waals surface area contributed by atoms with E-state index < -0.39 is 0 Å². The molecule has 1 aliphatic rings. The molecule has 106 valence electrons. The van der Waals surface area contributed by atoms with Crippen LogP contribution in [0.1, 0.15) is 19.3 Å². The van der Waals surface area contributed by atoms with Gasteiger partial charge in [-0.1, -0.05) is 30.3 Å². The molecule has 1 aliphatic heterocycles. The van der Waals surface area contributed by atoms with Crippen LogP contribution in [0.4, 0.5) is 0 Å². The Morgan fingerprint density at radius 2 is 1.95 bits per heavy atom. The monoisotopic (exact) mass is 271 g/mol. The van der Waals surface area contributed by atoms with Crippen molar-refractivity contribution >= 4 is 0 Å². The van der Waals surface area contributed by atoms with Gasteiger partial charge in [0.2, 0.25) is 5.88 Å². The molecule has 2 aromatic rings. The quantitative estimate of drug-likeness (QED) is 0.821. The highest BCUT2D eigenvalue weighted by molar-refractivity contribution is 5.59. The van der Waals surface area contributed by atoms with Gasteiger partial charge in [-0.3, -0.25) is 5.10 Å². The maximum Gasteiger partial charge on any atom is 0.233 e. The van der Waals surface area contributed by atoms with Gasteiger partial charge < -0.3 is 9.64 Å². The first-order valence-corrected chi connectivity index (χ1v) is 7.38. The highest BCUT2D eigenvalue weighted by Crippen LogP contribution is 2.20. The van der Waals surface area contributed by atoms with Crippen LogP contribution in [0.25, 0.3) is 11.3 Å². The van der Waals surface area contributed by atoms with Crippen LogP contribution < -0.4 is 4.74 Å². The number of aromatic nitrogens is 2. The molecule has 4 nitrogen and oxygen atoms in total. The molecule has 0 atom stereocenters. The van der Waals surface area contributed by atoms with Gasteiger partial charge in [-0.05, 0) is 37.9 Å². The van der Waals surface area contributed by atoms with E-state index in [2.05, 4.69) is 27.2 Å². The average molecular weight is 271 g/mol. The molecule has 0 spiro atoms. The second-order valence-corrected chi connectivity index (χ2v) is 5.24. The zero-order valence-electron chi connectivity index (χ0n) is 11.7. The summed E-state index contributed by atoms with van der Waals surface area (Å²) in [5, 5.41) is 7.22. The number of rotatable bonds is 6. The third-order valence-electron chi connectivity index (χ3n) is 3.71. The molecule has 0 unspecified atom stereocenters. The first kappa shape index (κ1) is 13.2. The average Bonchev–Trinajstić information content (AvgIpc) is 3.16. The van der Waals surface area contributed by atoms with E-state index in [0.29, 0.717) is 5.88 Å². The van der Waals surface area contributed by atoms with E-state index >= 15 is 0 Å². The van der Waals surface area contributed by atoms with E-state index in [1.165, 1.54) is 25.9 Å². The molecule has 0 amide bonds. The SMILES string of the molecule is c1ccc(-c2cc(OCCCN3CCCC3)n[nH]2)cc1. The van der Waals surface area contributed by atoms with Crippen molar-refractivity contribution in [2.24, 2.45) is 0 Å². The smallest absolute Gasteiger partial charge is 0.233 e. The van der Waals surface area contributed by atoms with Gasteiger partial charge in [-0.25, -0.2) is 0 Å². The summed E-state index contributed by atoms with van der Waals surface area (Å²) in [5.41, 5.74) is 2.13. The van der Waals surface area contributed by atoms with Crippen molar-refractivity contribution in [1.29, 1.82) is 0 Å². The van der Waals surface area contributed by atoms with Gasteiger partial charge in [0.15, 0.2) is 0 Å². The molecule has 1 fully saturated rings. The first-order valence-electron chi connectivity index (χ1n) is 7.38. The fourth-order valence-electron chi connectivity index (χ4n) is 2.61. The Kier molecular flexibility index (Phi) is 4.33. The van der Waals surface area contributed by atoms with Crippen molar-refractivity contribution in [3.8, 4) is 17.1 Å². The molecule has 1 aromatic heterocycles. The van der Waals surface area contributed by atoms with Crippen molar-refractivity contribution in [3.63, 3.8) is 0 Å². The van der Waals surface area contributed by atoms with Crippen LogP contribution in [0.2, 0.25) is 0 Å². The first-order chi connectivity index (χ1) is 9.92. The van der Waals surface area contributed by atoms with Crippen LogP contribution in [-0.4, -0.2) is 41.3 Å². The lowest BCUT2D eigenvalue weighted by atomic mass is 10.2. The molecule has 0 aliphatic carbocycles. The molecular formula is C16H21N3O. The van der Waals surface area contributed by atoms with Crippen LogP contribution in [0, 0.1) is 0 Å². The lowest BCUT2D eigenvalue weighted by molar-refractivity contribution is 0.257. The molecular weight excluding hydrogens is 250 g/mol. The van der Waals surface area contributed by atoms with E-state index in [1.54, 1.807) is 0 Å². The third-order valence-corrected chi connectivity index (χ3v) is 3.71. The van der Waals surface area contributed by atoms with Gasteiger partial charge in [0, 0.05) is 12.6 Å². The molecule has 3 rings (SSSR count). The summed E-state index contributed by atoms with van der Waals surface area (Å²) in [6.07, 6.45) is 3.76. The molecule has 20 heavy (non-hydrogen) atoms. The summed E-state index contributed by atoms with van der Waals surface area (Å²) in [6, 6.07) is 12.1. The number of hydrogen-bond donors (Lipinski definition) is 1. The number of likely N-dealkylation sites (tertiary alicyclic amines) is 1. The molecule has 0 bridgehead atoms. The zero-order valence-corrected chi connectivity index (χ0v) is 11.7. The van der Waals surface area contributed by atoms with E-state index in [4.69, 9.17) is 4.74 Å². The van der Waals surface area contributed by atoms with Crippen LogP contribution in [0.5, 0.6) is 5.88 Å². The predicted molar refractivity (Wildman–Crippen MR) is 79.8 cm³/mol. The van der Waals surface area contributed by atoms with E-state index in [1.807, 2.05) is 24.3 Å². The standard InChI is InChI=1S/C16H21N3O/c1-2-7-14(8-3-1)15-13-16(18-17-15)20-12-6-11-19-9-4-5-10-19/h1-3,7-8,13H,4-6,9-12H2,(H,17,18). The summed E-state index contributed by atoms with van der Waals surface area (Å²) >= 11 is 0. The van der Waals surface area contributed by atoms with E-state index in [9.17, 15) is 0 Å². The normalized spacial score (nSPS) is 15.6. The topological polar surface area (TPSA) is 41.1 Å². The highest BCUT2D eigenvalue weighted by atomic mass is 16.5. The number of benzene rings is 1. The number of aromatic amines is 1. The second-order valence-electron chi connectivity index (χ2n) is 5.24. The fraction of sp³-hybridized carbons (Fsp3) is 0.438. The van der Waals surface area contributed by atoms with Crippen LogP contribution in [-0.2, 0) is 0 Å². The largest absolute Gasteiger partial charge is 0.477 e. The molecule has 4 heteroatoms. The summed E-state index contributed by atoms with van der Waals surface area (Å²) < 4.78 is 5.70. The van der Waals surface area contributed by atoms with Crippen molar-refractivity contribution in [2.75, 3.05) is 26.2 Å².